The molecule has 1 aromatic heterocycles. The third kappa shape index (κ3) is 4.79. The molecule has 1 fully saturated rings. The van der Waals surface area contributed by atoms with Crippen LogP contribution in [-0.2, 0) is 20.8 Å². The second-order valence-corrected chi connectivity index (χ2v) is 8.13. The van der Waals surface area contributed by atoms with E-state index in [9.17, 15) is 14.4 Å². The third-order valence-electron chi connectivity index (χ3n) is 4.75. The molecule has 0 aliphatic carbocycles. The van der Waals surface area contributed by atoms with Crippen LogP contribution in [-0.4, -0.2) is 53.0 Å². The molecule has 3 rings (SSSR count). The van der Waals surface area contributed by atoms with Gasteiger partial charge in [-0.15, -0.1) is 0 Å². The van der Waals surface area contributed by atoms with E-state index < -0.39 is 11.2 Å². The molecule has 9 heteroatoms. The van der Waals surface area contributed by atoms with Crippen LogP contribution in [0.4, 0.5) is 0 Å². The summed E-state index contributed by atoms with van der Waals surface area (Å²) in [5.41, 5.74) is 0.496. The monoisotopic (exact) mass is 419 g/mol. The Balaban J connectivity index is 2.05. The average Bonchev–Trinajstić information content (AvgIpc) is 3.23. The minimum atomic E-state index is -0.498. The van der Waals surface area contributed by atoms with Crippen molar-refractivity contribution in [2.45, 2.75) is 49.7 Å². The number of benzene rings is 1. The summed E-state index contributed by atoms with van der Waals surface area (Å²) in [5.74, 6) is -0.624. The lowest BCUT2D eigenvalue weighted by Gasteiger charge is -2.18. The van der Waals surface area contributed by atoms with Gasteiger partial charge in [0.1, 0.15) is 0 Å². The van der Waals surface area contributed by atoms with E-state index in [-0.39, 0.29) is 17.6 Å². The number of aromatic nitrogens is 2. The fraction of sp³-hybridized carbons (Fsp3) is 0.500. The van der Waals surface area contributed by atoms with E-state index in [1.54, 1.807) is 29.7 Å². The molecule has 8 nitrogen and oxygen atoms in total. The van der Waals surface area contributed by atoms with Crippen molar-refractivity contribution >= 4 is 34.5 Å². The minimum absolute atomic E-state index is 0.0552. The number of thioether (sulfide) groups is 1. The predicted molar refractivity (Wildman–Crippen MR) is 110 cm³/mol. The van der Waals surface area contributed by atoms with Gasteiger partial charge in [-0.1, -0.05) is 11.8 Å². The maximum Gasteiger partial charge on any atom is 0.337 e. The summed E-state index contributed by atoms with van der Waals surface area (Å²) in [6, 6.07) is 4.68. The van der Waals surface area contributed by atoms with Gasteiger partial charge in [0.2, 0.25) is 5.91 Å². The second-order valence-electron chi connectivity index (χ2n) is 6.82. The Morgan fingerprint density at radius 1 is 1.45 bits per heavy atom. The van der Waals surface area contributed by atoms with Gasteiger partial charge in [-0.3, -0.25) is 14.2 Å². The summed E-state index contributed by atoms with van der Waals surface area (Å²) in [6.45, 7) is 5.21. The number of esters is 1. The van der Waals surface area contributed by atoms with Crippen molar-refractivity contribution in [3.05, 3.63) is 34.1 Å². The van der Waals surface area contributed by atoms with Crippen molar-refractivity contribution in [2.24, 2.45) is 0 Å². The lowest BCUT2D eigenvalue weighted by atomic mass is 10.1. The van der Waals surface area contributed by atoms with Gasteiger partial charge < -0.3 is 14.8 Å². The van der Waals surface area contributed by atoms with E-state index >= 15 is 0 Å². The number of carbonyl (C=O) groups is 2. The highest BCUT2D eigenvalue weighted by Crippen LogP contribution is 2.25. The van der Waals surface area contributed by atoms with Crippen LogP contribution < -0.4 is 10.9 Å². The molecule has 1 saturated heterocycles. The lowest BCUT2D eigenvalue weighted by Crippen LogP contribution is -2.33. The zero-order valence-electron chi connectivity index (χ0n) is 16.8. The average molecular weight is 420 g/mol. The van der Waals surface area contributed by atoms with Crippen molar-refractivity contribution in [3.63, 3.8) is 0 Å². The normalized spacial score (nSPS) is 17.3. The summed E-state index contributed by atoms with van der Waals surface area (Å²) in [4.78, 5) is 41.9. The van der Waals surface area contributed by atoms with Crippen molar-refractivity contribution in [3.8, 4) is 0 Å². The van der Waals surface area contributed by atoms with Gasteiger partial charge in [-0.2, -0.15) is 0 Å². The quantitative estimate of drug-likeness (QED) is 0.416. The maximum absolute atomic E-state index is 13.2. The molecule has 0 spiro atoms. The van der Waals surface area contributed by atoms with Crippen LogP contribution in [0.25, 0.3) is 10.9 Å². The van der Waals surface area contributed by atoms with Crippen LogP contribution >= 0.6 is 11.8 Å². The highest BCUT2D eigenvalue weighted by atomic mass is 32.2. The maximum atomic E-state index is 13.2. The molecule has 29 heavy (non-hydrogen) atoms. The first kappa shape index (κ1) is 21.3. The van der Waals surface area contributed by atoms with Crippen LogP contribution in [0.3, 0.4) is 0 Å². The number of carbonyl (C=O) groups excluding carboxylic acids is 2. The molecule has 1 aliphatic rings. The zero-order valence-corrected chi connectivity index (χ0v) is 17.6. The summed E-state index contributed by atoms with van der Waals surface area (Å²) in [5, 5.41) is 3.19. The number of ether oxygens (including phenoxy) is 2. The number of nitrogens with one attached hydrogen (secondary N) is 1. The van der Waals surface area contributed by atoms with Crippen molar-refractivity contribution in [1.29, 1.82) is 0 Å². The van der Waals surface area contributed by atoms with Crippen molar-refractivity contribution < 1.29 is 19.1 Å². The van der Waals surface area contributed by atoms with Gasteiger partial charge in [-0.05, 0) is 44.9 Å². The first-order chi connectivity index (χ1) is 13.9. The Kier molecular flexibility index (Phi) is 6.92. The highest BCUT2D eigenvalue weighted by molar-refractivity contribution is 8.00. The lowest BCUT2D eigenvalue weighted by molar-refractivity contribution is -0.120. The van der Waals surface area contributed by atoms with Gasteiger partial charge in [-0.25, -0.2) is 9.78 Å². The summed E-state index contributed by atoms with van der Waals surface area (Å²) < 4.78 is 12.0. The second kappa shape index (κ2) is 9.41. The van der Waals surface area contributed by atoms with Crippen LogP contribution in [0.1, 0.15) is 37.0 Å². The Labute approximate surface area is 173 Å². The summed E-state index contributed by atoms with van der Waals surface area (Å²) >= 11 is 1.22. The van der Waals surface area contributed by atoms with E-state index in [1.165, 1.54) is 18.9 Å². The Morgan fingerprint density at radius 3 is 2.90 bits per heavy atom. The fourth-order valence-electron chi connectivity index (χ4n) is 3.22. The van der Waals surface area contributed by atoms with E-state index in [1.807, 2.05) is 6.92 Å². The molecule has 0 unspecified atom stereocenters. The number of methoxy groups -OCH3 is 1. The summed E-state index contributed by atoms with van der Waals surface area (Å²) in [6.07, 6.45) is 1.78. The minimum Gasteiger partial charge on any atom is -0.465 e. The fourth-order valence-corrected chi connectivity index (χ4v) is 4.16. The number of fused-ring (bicyclic) bond motifs is 1. The van der Waals surface area contributed by atoms with Crippen LogP contribution in [0.5, 0.6) is 0 Å². The smallest absolute Gasteiger partial charge is 0.337 e. The zero-order chi connectivity index (χ0) is 21.0. The number of nitrogens with zero attached hydrogens (tertiary/aromatic N) is 2. The molecule has 1 aromatic carbocycles. The third-order valence-corrected chi connectivity index (χ3v) is 5.84. The van der Waals surface area contributed by atoms with E-state index in [0.29, 0.717) is 41.3 Å². The molecule has 1 N–H and O–H groups in total. The molecule has 1 aliphatic heterocycles. The topological polar surface area (TPSA) is 99.5 Å². The first-order valence-electron chi connectivity index (χ1n) is 9.63. The van der Waals surface area contributed by atoms with Gasteiger partial charge in [0.05, 0.1) is 41.5 Å². The molecule has 1 amide bonds. The predicted octanol–water partition coefficient (Wildman–Crippen LogP) is 1.98. The van der Waals surface area contributed by atoms with E-state index in [0.717, 1.165) is 12.8 Å². The van der Waals surface area contributed by atoms with Crippen molar-refractivity contribution in [2.75, 3.05) is 20.3 Å². The van der Waals surface area contributed by atoms with E-state index in [2.05, 4.69) is 10.3 Å². The van der Waals surface area contributed by atoms with Crippen molar-refractivity contribution in [1.82, 2.24) is 14.9 Å². The van der Waals surface area contributed by atoms with Gasteiger partial charge in [0.25, 0.3) is 5.56 Å². The highest BCUT2D eigenvalue weighted by Gasteiger charge is 2.23. The molecule has 2 heterocycles. The molecular formula is C20H25N3O5S. The number of hydrogen-bond donors (Lipinski definition) is 1. The molecular weight excluding hydrogens is 394 g/mol. The van der Waals surface area contributed by atoms with Gasteiger partial charge >= 0.3 is 5.97 Å². The van der Waals surface area contributed by atoms with Gasteiger partial charge in [0.15, 0.2) is 5.16 Å². The molecule has 0 radical (unpaired) electrons. The number of amides is 1. The largest absolute Gasteiger partial charge is 0.465 e. The molecule has 2 aromatic rings. The Hall–Kier alpha value is -2.39. The SMILES string of the molecule is CCNC(=O)[C@@H](C)Sc1nc2cc(C(=O)OC)ccc2c(=O)n1C[C@@H]1CCCO1. The molecule has 2 atom stereocenters. The van der Waals surface area contributed by atoms with Crippen LogP contribution in [0.2, 0.25) is 0 Å². The molecule has 156 valence electrons. The number of rotatable bonds is 7. The first-order valence-corrected chi connectivity index (χ1v) is 10.5. The summed E-state index contributed by atoms with van der Waals surface area (Å²) in [7, 11) is 1.30. The Bertz CT molecular complexity index is 968. The van der Waals surface area contributed by atoms with Crippen LogP contribution in [0, 0.1) is 0 Å². The van der Waals surface area contributed by atoms with E-state index in [4.69, 9.17) is 9.47 Å². The number of hydrogen-bond acceptors (Lipinski definition) is 7. The van der Waals surface area contributed by atoms with Gasteiger partial charge in [0, 0.05) is 13.2 Å². The Morgan fingerprint density at radius 2 is 2.24 bits per heavy atom. The molecule has 0 bridgehead atoms. The van der Waals surface area contributed by atoms with Crippen LogP contribution in [0.15, 0.2) is 28.2 Å². The standard InChI is InChI=1S/C20H25N3O5S/c1-4-21-17(24)12(2)29-20-22-16-10-13(19(26)27-3)7-8-15(16)18(25)23(20)11-14-6-5-9-28-14/h7-8,10,12,14H,4-6,9,11H2,1-3H3,(H,21,24)/t12-,14+/m1/s1. The molecule has 0 saturated carbocycles.